The monoisotopic (exact) mass is 258 g/mol. The van der Waals surface area contributed by atoms with E-state index in [1.54, 1.807) is 0 Å². The summed E-state index contributed by atoms with van der Waals surface area (Å²) in [5.41, 5.74) is 2.30. The van der Waals surface area contributed by atoms with E-state index in [0.29, 0.717) is 6.61 Å². The van der Waals surface area contributed by atoms with Crippen LogP contribution in [0.4, 0.5) is 5.82 Å². The van der Waals surface area contributed by atoms with E-state index in [1.165, 1.54) is 5.56 Å². The third-order valence-electron chi connectivity index (χ3n) is 3.04. The fourth-order valence-corrected chi connectivity index (χ4v) is 2.24. The maximum Gasteiger partial charge on any atom is 0.129 e. The molecule has 0 saturated heterocycles. The molecule has 3 heteroatoms. The van der Waals surface area contributed by atoms with Gasteiger partial charge in [0, 0.05) is 11.9 Å². The Morgan fingerprint density at radius 3 is 2.68 bits per heavy atom. The minimum atomic E-state index is 0.691. The van der Waals surface area contributed by atoms with Crippen LogP contribution in [0, 0.1) is 0 Å². The zero-order valence-corrected chi connectivity index (χ0v) is 12.0. The second kappa shape index (κ2) is 6.41. The molecule has 2 aromatic rings. The van der Waals surface area contributed by atoms with Crippen molar-refractivity contribution in [1.29, 1.82) is 0 Å². The van der Waals surface area contributed by atoms with Crippen molar-refractivity contribution in [2.24, 2.45) is 0 Å². The molecule has 0 atom stereocenters. The van der Waals surface area contributed by atoms with E-state index < -0.39 is 0 Å². The van der Waals surface area contributed by atoms with Gasteiger partial charge in [-0.3, -0.25) is 0 Å². The van der Waals surface area contributed by atoms with E-state index in [1.807, 2.05) is 19.1 Å². The fourth-order valence-electron chi connectivity index (χ4n) is 2.24. The van der Waals surface area contributed by atoms with Crippen molar-refractivity contribution in [3.8, 4) is 5.75 Å². The van der Waals surface area contributed by atoms with Gasteiger partial charge in [0.05, 0.1) is 12.1 Å². The molecule has 0 aliphatic rings. The molecule has 2 rings (SSSR count). The van der Waals surface area contributed by atoms with Gasteiger partial charge in [-0.15, -0.1) is 0 Å². The Morgan fingerprint density at radius 2 is 2.00 bits per heavy atom. The van der Waals surface area contributed by atoms with Crippen LogP contribution in [-0.2, 0) is 6.42 Å². The van der Waals surface area contributed by atoms with Gasteiger partial charge in [0.2, 0.25) is 0 Å². The Labute approximate surface area is 115 Å². The van der Waals surface area contributed by atoms with Gasteiger partial charge in [0.1, 0.15) is 11.6 Å². The number of pyridine rings is 1. The Kier molecular flexibility index (Phi) is 4.61. The average molecular weight is 258 g/mol. The van der Waals surface area contributed by atoms with Gasteiger partial charge < -0.3 is 10.1 Å². The molecule has 0 bridgehead atoms. The molecular formula is C16H22N2O. The van der Waals surface area contributed by atoms with Crippen LogP contribution in [0.2, 0.25) is 0 Å². The number of rotatable bonds is 6. The molecule has 102 valence electrons. The quantitative estimate of drug-likeness (QED) is 0.849. The number of aromatic nitrogens is 1. The predicted octanol–water partition coefficient (Wildman–Crippen LogP) is 4.02. The molecule has 1 heterocycles. The highest BCUT2D eigenvalue weighted by Gasteiger charge is 2.06. The SMILES string of the molecule is CCCc1cc2cc(OCC)ccc2nc1NCC. The first-order valence-electron chi connectivity index (χ1n) is 7.08. The van der Waals surface area contributed by atoms with E-state index >= 15 is 0 Å². The third kappa shape index (κ3) is 3.16. The number of anilines is 1. The van der Waals surface area contributed by atoms with Crippen LogP contribution >= 0.6 is 0 Å². The Hall–Kier alpha value is -1.77. The summed E-state index contributed by atoms with van der Waals surface area (Å²) in [4.78, 5) is 4.72. The van der Waals surface area contributed by atoms with Crippen LogP contribution in [0.15, 0.2) is 24.3 Å². The van der Waals surface area contributed by atoms with Crippen LogP contribution in [0.1, 0.15) is 32.8 Å². The topological polar surface area (TPSA) is 34.1 Å². The lowest BCUT2D eigenvalue weighted by Crippen LogP contribution is -2.04. The second-order valence-corrected chi connectivity index (χ2v) is 4.56. The normalized spacial score (nSPS) is 10.7. The lowest BCUT2D eigenvalue weighted by atomic mass is 10.1. The summed E-state index contributed by atoms with van der Waals surface area (Å²) in [6, 6.07) is 8.30. The summed E-state index contributed by atoms with van der Waals surface area (Å²) in [5.74, 6) is 1.93. The summed E-state index contributed by atoms with van der Waals surface area (Å²) < 4.78 is 5.55. The summed E-state index contributed by atoms with van der Waals surface area (Å²) in [7, 11) is 0. The van der Waals surface area contributed by atoms with Gasteiger partial charge in [-0.1, -0.05) is 13.3 Å². The van der Waals surface area contributed by atoms with Crippen LogP contribution in [0.3, 0.4) is 0 Å². The number of hydrogen-bond donors (Lipinski definition) is 1. The number of nitrogens with one attached hydrogen (secondary N) is 1. The predicted molar refractivity (Wildman–Crippen MR) is 81.1 cm³/mol. The molecule has 0 unspecified atom stereocenters. The highest BCUT2D eigenvalue weighted by Crippen LogP contribution is 2.25. The van der Waals surface area contributed by atoms with Gasteiger partial charge in [-0.2, -0.15) is 0 Å². The van der Waals surface area contributed by atoms with Crippen molar-refractivity contribution in [1.82, 2.24) is 4.98 Å². The van der Waals surface area contributed by atoms with E-state index in [0.717, 1.165) is 41.9 Å². The molecule has 19 heavy (non-hydrogen) atoms. The highest BCUT2D eigenvalue weighted by atomic mass is 16.5. The molecule has 0 fully saturated rings. The standard InChI is InChI=1S/C16H22N2O/c1-4-7-12-10-13-11-14(19-6-3)8-9-15(13)18-16(12)17-5-2/h8-11H,4-7H2,1-3H3,(H,17,18). The van der Waals surface area contributed by atoms with Crippen LogP contribution < -0.4 is 10.1 Å². The number of ether oxygens (including phenoxy) is 1. The number of aryl methyl sites for hydroxylation is 1. The first-order chi connectivity index (χ1) is 9.28. The van der Waals surface area contributed by atoms with Crippen molar-refractivity contribution in [3.63, 3.8) is 0 Å². The fraction of sp³-hybridized carbons (Fsp3) is 0.438. The lowest BCUT2D eigenvalue weighted by molar-refractivity contribution is 0.340. The summed E-state index contributed by atoms with van der Waals surface area (Å²) >= 11 is 0. The third-order valence-corrected chi connectivity index (χ3v) is 3.04. The zero-order valence-electron chi connectivity index (χ0n) is 12.0. The summed E-state index contributed by atoms with van der Waals surface area (Å²) in [6.45, 7) is 7.87. The van der Waals surface area contributed by atoms with Crippen LogP contribution in [-0.4, -0.2) is 18.1 Å². The average Bonchev–Trinajstić information content (AvgIpc) is 2.40. The molecule has 0 radical (unpaired) electrons. The van der Waals surface area contributed by atoms with Gasteiger partial charge in [0.15, 0.2) is 0 Å². The van der Waals surface area contributed by atoms with Crippen molar-refractivity contribution in [3.05, 3.63) is 29.8 Å². The first kappa shape index (κ1) is 13.7. The van der Waals surface area contributed by atoms with Gasteiger partial charge in [0.25, 0.3) is 0 Å². The molecular weight excluding hydrogens is 236 g/mol. The van der Waals surface area contributed by atoms with Crippen molar-refractivity contribution in [2.75, 3.05) is 18.5 Å². The maximum absolute atomic E-state index is 5.55. The van der Waals surface area contributed by atoms with Crippen LogP contribution in [0.5, 0.6) is 5.75 Å². The zero-order chi connectivity index (χ0) is 13.7. The Morgan fingerprint density at radius 1 is 1.16 bits per heavy atom. The van der Waals surface area contributed by atoms with Crippen molar-refractivity contribution < 1.29 is 4.74 Å². The molecule has 1 aromatic carbocycles. The number of nitrogens with zero attached hydrogens (tertiary/aromatic N) is 1. The molecule has 0 aliphatic heterocycles. The molecule has 1 N–H and O–H groups in total. The summed E-state index contributed by atoms with van der Waals surface area (Å²) in [5, 5.41) is 4.50. The van der Waals surface area contributed by atoms with E-state index in [-0.39, 0.29) is 0 Å². The number of fused-ring (bicyclic) bond motifs is 1. The summed E-state index contributed by atoms with van der Waals surface area (Å²) in [6.07, 6.45) is 2.17. The second-order valence-electron chi connectivity index (χ2n) is 4.56. The maximum atomic E-state index is 5.55. The molecule has 0 amide bonds. The van der Waals surface area contributed by atoms with Crippen molar-refractivity contribution >= 4 is 16.7 Å². The minimum absolute atomic E-state index is 0.691. The first-order valence-corrected chi connectivity index (χ1v) is 7.08. The lowest BCUT2D eigenvalue weighted by Gasteiger charge is -2.12. The van der Waals surface area contributed by atoms with E-state index in [4.69, 9.17) is 9.72 Å². The molecule has 0 spiro atoms. The van der Waals surface area contributed by atoms with Gasteiger partial charge in [-0.05, 0) is 50.1 Å². The Bertz CT molecular complexity index is 552. The molecule has 1 aromatic heterocycles. The highest BCUT2D eigenvalue weighted by molar-refractivity contribution is 5.83. The molecule has 0 aliphatic carbocycles. The number of benzene rings is 1. The molecule has 3 nitrogen and oxygen atoms in total. The van der Waals surface area contributed by atoms with Gasteiger partial charge in [-0.25, -0.2) is 4.98 Å². The van der Waals surface area contributed by atoms with Crippen LogP contribution in [0.25, 0.3) is 10.9 Å². The van der Waals surface area contributed by atoms with E-state index in [2.05, 4.69) is 31.3 Å². The minimum Gasteiger partial charge on any atom is -0.494 e. The Balaban J connectivity index is 2.46. The van der Waals surface area contributed by atoms with E-state index in [9.17, 15) is 0 Å². The number of hydrogen-bond acceptors (Lipinski definition) is 3. The smallest absolute Gasteiger partial charge is 0.129 e. The molecule has 0 saturated carbocycles. The van der Waals surface area contributed by atoms with Gasteiger partial charge >= 0.3 is 0 Å². The largest absolute Gasteiger partial charge is 0.494 e. The van der Waals surface area contributed by atoms with Crippen molar-refractivity contribution in [2.45, 2.75) is 33.6 Å².